The first-order valence-corrected chi connectivity index (χ1v) is 8.20. The van der Waals surface area contributed by atoms with E-state index in [0.717, 1.165) is 4.90 Å². The number of piperidine rings is 1. The lowest BCUT2D eigenvalue weighted by Gasteiger charge is -2.43. The minimum absolute atomic E-state index is 0.0282. The van der Waals surface area contributed by atoms with Gasteiger partial charge in [0.2, 0.25) is 5.60 Å². The lowest BCUT2D eigenvalue weighted by molar-refractivity contribution is -0.251. The molecular formula is C16H23F3N4O3. The number of hydrogen-bond acceptors (Lipinski definition) is 4. The fraction of sp³-hybridized carbons (Fsp3) is 0.688. The lowest BCUT2D eigenvalue weighted by atomic mass is 9.91. The molecule has 2 heterocycles. The zero-order chi connectivity index (χ0) is 19.9. The first-order chi connectivity index (χ1) is 11.9. The summed E-state index contributed by atoms with van der Waals surface area (Å²) in [5, 5.41) is 13.5. The van der Waals surface area contributed by atoms with Crippen molar-refractivity contribution >= 4 is 11.8 Å². The summed E-state index contributed by atoms with van der Waals surface area (Å²) in [5.41, 5.74) is -3.00. The lowest BCUT2D eigenvalue weighted by Crippen LogP contribution is -2.60. The minimum atomic E-state index is -5.04. The first kappa shape index (κ1) is 20.2. The molecule has 0 radical (unpaired) electrons. The van der Waals surface area contributed by atoms with Crippen LogP contribution in [0.3, 0.4) is 0 Å². The summed E-state index contributed by atoms with van der Waals surface area (Å²) in [5.74, 6) is -1.85. The average Bonchev–Trinajstić information content (AvgIpc) is 2.98. The van der Waals surface area contributed by atoms with Gasteiger partial charge in [0.25, 0.3) is 11.8 Å². The van der Waals surface area contributed by atoms with E-state index in [1.165, 1.54) is 15.8 Å². The molecule has 26 heavy (non-hydrogen) atoms. The van der Waals surface area contributed by atoms with Crippen molar-refractivity contribution in [1.29, 1.82) is 0 Å². The van der Waals surface area contributed by atoms with Crippen molar-refractivity contribution < 1.29 is 27.9 Å². The number of alkyl halides is 3. The predicted molar refractivity (Wildman–Crippen MR) is 86.1 cm³/mol. The largest absolute Gasteiger partial charge is 0.426 e. The van der Waals surface area contributed by atoms with Crippen LogP contribution in [0.1, 0.15) is 30.6 Å². The van der Waals surface area contributed by atoms with Gasteiger partial charge in [0.1, 0.15) is 0 Å². The second kappa shape index (κ2) is 6.90. The summed E-state index contributed by atoms with van der Waals surface area (Å²) in [7, 11) is 3.32. The maximum Gasteiger partial charge on any atom is 0.426 e. The number of likely N-dealkylation sites (tertiary alicyclic amines) is 1. The molecular weight excluding hydrogens is 353 g/mol. The van der Waals surface area contributed by atoms with Crippen LogP contribution in [0.15, 0.2) is 12.4 Å². The van der Waals surface area contributed by atoms with Gasteiger partial charge in [-0.2, -0.15) is 18.3 Å². The van der Waals surface area contributed by atoms with Crippen LogP contribution in [-0.2, 0) is 11.8 Å². The molecule has 1 aliphatic heterocycles. The molecule has 1 aromatic heterocycles. The van der Waals surface area contributed by atoms with Gasteiger partial charge in [-0.1, -0.05) is 6.92 Å². The van der Waals surface area contributed by atoms with Gasteiger partial charge < -0.3 is 14.9 Å². The van der Waals surface area contributed by atoms with E-state index in [-0.39, 0.29) is 31.0 Å². The SMILES string of the molecule is C[C@@H]1CN(C(=O)[C@@](C)(O)C(F)(F)F)CC[C@@H]1N(C)C(=O)c1cnn(C)c1. The third kappa shape index (κ3) is 3.69. The number of carbonyl (C=O) groups is 2. The number of aliphatic hydroxyl groups is 1. The Labute approximate surface area is 149 Å². The zero-order valence-electron chi connectivity index (χ0n) is 15.1. The molecule has 0 bridgehead atoms. The van der Waals surface area contributed by atoms with Gasteiger partial charge in [0.15, 0.2) is 0 Å². The summed E-state index contributed by atoms with van der Waals surface area (Å²) < 4.78 is 40.1. The third-order valence-electron chi connectivity index (χ3n) is 4.89. The second-order valence-electron chi connectivity index (χ2n) is 6.97. The third-order valence-corrected chi connectivity index (χ3v) is 4.89. The van der Waals surface area contributed by atoms with E-state index in [4.69, 9.17) is 0 Å². The Morgan fingerprint density at radius 2 is 2.00 bits per heavy atom. The summed E-state index contributed by atoms with van der Waals surface area (Å²) in [6.45, 7) is 2.29. The molecule has 0 unspecified atom stereocenters. The highest BCUT2D eigenvalue weighted by Gasteiger charge is 2.57. The van der Waals surface area contributed by atoms with Crippen LogP contribution in [0.4, 0.5) is 13.2 Å². The van der Waals surface area contributed by atoms with Crippen molar-refractivity contribution in [3.63, 3.8) is 0 Å². The van der Waals surface area contributed by atoms with Crippen LogP contribution in [0.5, 0.6) is 0 Å². The Kier molecular flexibility index (Phi) is 5.36. The topological polar surface area (TPSA) is 78.7 Å². The fourth-order valence-electron chi connectivity index (χ4n) is 3.21. The standard InChI is InChI=1S/C16H23F3N4O3/c1-10-8-23(14(25)15(2,26)16(17,18)19)6-5-12(10)22(4)13(24)11-7-20-21(3)9-11/h7,9-10,12,26H,5-6,8H2,1-4H3/t10-,12+,15-/m1/s1. The first-order valence-electron chi connectivity index (χ1n) is 8.20. The number of carbonyl (C=O) groups excluding carboxylic acids is 2. The smallest absolute Gasteiger partial charge is 0.373 e. The molecule has 146 valence electrons. The molecule has 7 nitrogen and oxygen atoms in total. The van der Waals surface area contributed by atoms with E-state index in [2.05, 4.69) is 5.10 Å². The Hall–Kier alpha value is -2.10. The molecule has 2 rings (SSSR count). The highest BCUT2D eigenvalue weighted by atomic mass is 19.4. The number of halogens is 3. The van der Waals surface area contributed by atoms with Crippen molar-refractivity contribution in [3.05, 3.63) is 18.0 Å². The number of nitrogens with zero attached hydrogens (tertiary/aromatic N) is 4. The van der Waals surface area contributed by atoms with Crippen molar-refractivity contribution in [2.45, 2.75) is 38.1 Å². The van der Waals surface area contributed by atoms with Crippen LogP contribution >= 0.6 is 0 Å². The zero-order valence-corrected chi connectivity index (χ0v) is 15.1. The normalized spacial score (nSPS) is 23.5. The molecule has 2 amide bonds. The second-order valence-corrected chi connectivity index (χ2v) is 6.97. The van der Waals surface area contributed by atoms with Crippen LogP contribution in [0, 0.1) is 5.92 Å². The van der Waals surface area contributed by atoms with Crippen LogP contribution in [0.25, 0.3) is 0 Å². The van der Waals surface area contributed by atoms with E-state index in [9.17, 15) is 27.9 Å². The summed E-state index contributed by atoms with van der Waals surface area (Å²) >= 11 is 0. The van der Waals surface area contributed by atoms with Crippen molar-refractivity contribution in [3.8, 4) is 0 Å². The van der Waals surface area contributed by atoms with Crippen molar-refractivity contribution in [2.75, 3.05) is 20.1 Å². The van der Waals surface area contributed by atoms with Crippen LogP contribution in [-0.4, -0.2) is 74.5 Å². The fourth-order valence-corrected chi connectivity index (χ4v) is 3.21. The molecule has 1 aromatic rings. The van der Waals surface area contributed by atoms with Crippen LogP contribution in [0.2, 0.25) is 0 Å². The Balaban J connectivity index is 2.06. The highest BCUT2D eigenvalue weighted by Crippen LogP contribution is 2.33. The molecule has 0 aromatic carbocycles. The van der Waals surface area contributed by atoms with E-state index < -0.39 is 17.7 Å². The van der Waals surface area contributed by atoms with E-state index >= 15 is 0 Å². The van der Waals surface area contributed by atoms with Gasteiger partial charge in [-0.15, -0.1) is 0 Å². The Morgan fingerprint density at radius 1 is 1.38 bits per heavy atom. The number of hydrogen-bond donors (Lipinski definition) is 1. The maximum absolute atomic E-state index is 12.9. The van der Waals surface area contributed by atoms with Crippen LogP contribution < -0.4 is 0 Å². The van der Waals surface area contributed by atoms with Gasteiger partial charge >= 0.3 is 6.18 Å². The molecule has 3 atom stereocenters. The van der Waals surface area contributed by atoms with Crippen molar-refractivity contribution in [2.24, 2.45) is 13.0 Å². The molecule has 1 saturated heterocycles. The number of rotatable bonds is 3. The van der Waals surface area contributed by atoms with Gasteiger partial charge in [-0.25, -0.2) is 0 Å². The van der Waals surface area contributed by atoms with Gasteiger partial charge in [-0.05, 0) is 19.3 Å². The number of aromatic nitrogens is 2. The Bertz CT molecular complexity index is 687. The van der Waals surface area contributed by atoms with E-state index in [1.807, 2.05) is 0 Å². The molecule has 10 heteroatoms. The predicted octanol–water partition coefficient (Wildman–Crippen LogP) is 1.04. The maximum atomic E-state index is 12.9. The van der Waals surface area contributed by atoms with Gasteiger partial charge in [0, 0.05) is 39.4 Å². The highest BCUT2D eigenvalue weighted by molar-refractivity contribution is 5.93. The Morgan fingerprint density at radius 3 is 2.46 bits per heavy atom. The minimum Gasteiger partial charge on any atom is -0.373 e. The molecule has 0 saturated carbocycles. The molecule has 1 aliphatic rings. The van der Waals surface area contributed by atoms with Gasteiger partial charge in [-0.3, -0.25) is 14.3 Å². The van der Waals surface area contributed by atoms with E-state index in [0.29, 0.717) is 18.9 Å². The molecule has 1 fully saturated rings. The molecule has 0 aliphatic carbocycles. The molecule has 0 spiro atoms. The number of amides is 2. The van der Waals surface area contributed by atoms with E-state index in [1.54, 1.807) is 27.2 Å². The summed E-state index contributed by atoms with van der Waals surface area (Å²) in [4.78, 5) is 27.2. The average molecular weight is 376 g/mol. The molecule has 1 N–H and O–H groups in total. The monoisotopic (exact) mass is 376 g/mol. The number of aryl methyl sites for hydroxylation is 1. The summed E-state index contributed by atoms with van der Waals surface area (Å²) in [6.07, 6.45) is -1.69. The van der Waals surface area contributed by atoms with Gasteiger partial charge in [0.05, 0.1) is 11.8 Å². The quantitative estimate of drug-likeness (QED) is 0.855. The van der Waals surface area contributed by atoms with Crippen molar-refractivity contribution in [1.82, 2.24) is 19.6 Å². The summed E-state index contributed by atoms with van der Waals surface area (Å²) in [6, 6.07) is -0.234.